The van der Waals surface area contributed by atoms with Crippen molar-refractivity contribution in [3.05, 3.63) is 24.2 Å². The number of hydrogen-bond donors (Lipinski definition) is 1. The van der Waals surface area contributed by atoms with Gasteiger partial charge in [0.1, 0.15) is 12.4 Å². The van der Waals surface area contributed by atoms with Crippen LogP contribution in [0.25, 0.3) is 0 Å². The van der Waals surface area contributed by atoms with Gasteiger partial charge in [0, 0.05) is 6.20 Å². The van der Waals surface area contributed by atoms with Crippen LogP contribution >= 0.6 is 0 Å². The van der Waals surface area contributed by atoms with Crippen molar-refractivity contribution in [3.63, 3.8) is 0 Å². The molecular weight excluding hydrogens is 161 g/mol. The summed E-state index contributed by atoms with van der Waals surface area (Å²) >= 11 is 0. The summed E-state index contributed by atoms with van der Waals surface area (Å²) in [6.45, 7) is 0.122. The first-order valence-corrected chi connectivity index (χ1v) is 3.44. The van der Waals surface area contributed by atoms with E-state index in [1.165, 1.54) is 23.3 Å². The van der Waals surface area contributed by atoms with Crippen molar-refractivity contribution >= 4 is 11.7 Å². The van der Waals surface area contributed by atoms with Crippen LogP contribution < -0.4 is 5.43 Å². The molecule has 0 aromatic rings. The van der Waals surface area contributed by atoms with Crippen molar-refractivity contribution in [1.29, 1.82) is 0 Å². The molecule has 0 unspecified atom stereocenters. The summed E-state index contributed by atoms with van der Waals surface area (Å²) in [6, 6.07) is 0. The number of amidine groups is 1. The van der Waals surface area contributed by atoms with E-state index in [0.29, 0.717) is 5.84 Å². The van der Waals surface area contributed by atoms with E-state index < -0.39 is 0 Å². The molecule has 2 aliphatic rings. The third-order valence-corrected chi connectivity index (χ3v) is 1.57. The van der Waals surface area contributed by atoms with Crippen molar-refractivity contribution in [1.82, 2.24) is 10.3 Å². The largest absolute Gasteiger partial charge is 0.319 e. The molecule has 0 saturated carbocycles. The van der Waals surface area contributed by atoms with Gasteiger partial charge in [0.15, 0.2) is 5.84 Å². The zero-order valence-corrected chi connectivity index (χ0v) is 6.12. The normalized spacial score (nSPS) is 21.1. The van der Waals surface area contributed by atoms with Crippen molar-refractivity contribution in [2.45, 2.75) is 0 Å². The van der Waals surface area contributed by atoms with E-state index in [2.05, 4.69) is 10.5 Å². The van der Waals surface area contributed by atoms with Crippen molar-refractivity contribution in [2.24, 2.45) is 5.10 Å². The second-order valence-corrected chi connectivity index (χ2v) is 2.48. The Kier molecular flexibility index (Phi) is 1.43. The van der Waals surface area contributed by atoms with Crippen molar-refractivity contribution in [3.8, 4) is 0 Å². The summed E-state index contributed by atoms with van der Waals surface area (Å²) in [5, 5.41) is 3.71. The van der Waals surface area contributed by atoms with Crippen LogP contribution in [-0.2, 0) is 4.79 Å². The lowest BCUT2D eigenvalue weighted by molar-refractivity contribution is -0.121. The number of nitrogens with zero attached hydrogens (tertiary/aromatic N) is 2. The number of hydrazone groups is 1. The molecule has 0 atom stereocenters. The number of hydrogen-bond acceptors (Lipinski definition) is 3. The Morgan fingerprint density at radius 2 is 2.42 bits per heavy atom. The van der Waals surface area contributed by atoms with Gasteiger partial charge in [-0.25, -0.2) is 9.82 Å². The molecule has 0 aromatic carbocycles. The molecular formula is C7H6FN3O. The topological polar surface area (TPSA) is 44.7 Å². The first-order valence-electron chi connectivity index (χ1n) is 3.44. The van der Waals surface area contributed by atoms with E-state index in [4.69, 9.17) is 0 Å². The van der Waals surface area contributed by atoms with E-state index in [-0.39, 0.29) is 18.3 Å². The van der Waals surface area contributed by atoms with Gasteiger partial charge in [0.2, 0.25) is 0 Å². The van der Waals surface area contributed by atoms with Crippen molar-refractivity contribution in [2.75, 3.05) is 6.54 Å². The van der Waals surface area contributed by atoms with Gasteiger partial charge in [0.05, 0.1) is 0 Å². The minimum Gasteiger partial charge on any atom is -0.319 e. The predicted octanol–water partition coefficient (Wildman–Crippen LogP) is 0.112. The van der Waals surface area contributed by atoms with Crippen LogP contribution in [0.5, 0.6) is 0 Å². The molecule has 2 rings (SSSR count). The van der Waals surface area contributed by atoms with Gasteiger partial charge in [0.25, 0.3) is 5.91 Å². The van der Waals surface area contributed by atoms with Gasteiger partial charge in [-0.1, -0.05) is 0 Å². The van der Waals surface area contributed by atoms with Crippen LogP contribution in [-0.4, -0.2) is 23.2 Å². The number of nitrogens with one attached hydrogen (secondary N) is 1. The number of carbonyl (C=O) groups excluding carboxylic acids is 1. The van der Waals surface area contributed by atoms with Gasteiger partial charge in [-0.05, 0) is 12.2 Å². The van der Waals surface area contributed by atoms with Crippen LogP contribution in [0.3, 0.4) is 0 Å². The molecule has 4 nitrogen and oxygen atoms in total. The Labute approximate surface area is 68.0 Å². The summed E-state index contributed by atoms with van der Waals surface area (Å²) in [7, 11) is 0. The van der Waals surface area contributed by atoms with Crippen LogP contribution in [0, 0.1) is 0 Å². The highest BCUT2D eigenvalue weighted by Crippen LogP contribution is 2.11. The van der Waals surface area contributed by atoms with E-state index >= 15 is 0 Å². The minimum absolute atomic E-state index is 0.122. The summed E-state index contributed by atoms with van der Waals surface area (Å²) in [4.78, 5) is 12.2. The molecule has 12 heavy (non-hydrogen) atoms. The molecule has 0 spiro atoms. The summed E-state index contributed by atoms with van der Waals surface area (Å²) < 4.78 is 12.6. The number of halogens is 1. The third-order valence-electron chi connectivity index (χ3n) is 1.57. The number of carbonyl (C=O) groups is 1. The minimum atomic E-state index is -0.372. The molecule has 0 bridgehead atoms. The molecule has 0 radical (unpaired) electrons. The van der Waals surface area contributed by atoms with Crippen LogP contribution in [0.4, 0.5) is 4.39 Å². The number of amides is 1. The highest BCUT2D eigenvalue weighted by Gasteiger charge is 2.19. The zero-order chi connectivity index (χ0) is 8.55. The summed E-state index contributed by atoms with van der Waals surface area (Å²) in [5.41, 5.74) is 2.30. The van der Waals surface area contributed by atoms with Crippen LogP contribution in [0.1, 0.15) is 0 Å². The maximum atomic E-state index is 12.6. The molecule has 0 fully saturated rings. The molecule has 1 amide bonds. The highest BCUT2D eigenvalue weighted by molar-refractivity contribution is 6.00. The van der Waals surface area contributed by atoms with E-state index in [9.17, 15) is 9.18 Å². The Morgan fingerprint density at radius 3 is 3.25 bits per heavy atom. The molecule has 2 aliphatic heterocycles. The number of fused-ring (bicyclic) bond motifs is 1. The Bertz CT molecular complexity index is 319. The van der Waals surface area contributed by atoms with Gasteiger partial charge < -0.3 is 4.90 Å². The standard InChI is InChI=1S/C7H6FN3O/c8-5-1-2-6-9-10-7(12)4-11(6)3-5/h1-3H,4H2,(H,10,12). The third kappa shape index (κ3) is 1.09. The van der Waals surface area contributed by atoms with Crippen LogP contribution in [0.2, 0.25) is 0 Å². The maximum Gasteiger partial charge on any atom is 0.260 e. The molecule has 0 saturated heterocycles. The van der Waals surface area contributed by atoms with E-state index in [0.717, 1.165) is 0 Å². The fourth-order valence-electron chi connectivity index (χ4n) is 1.05. The molecule has 62 valence electrons. The molecule has 1 N–H and O–H groups in total. The van der Waals surface area contributed by atoms with E-state index in [1.54, 1.807) is 0 Å². The monoisotopic (exact) mass is 167 g/mol. The average Bonchev–Trinajstić information content (AvgIpc) is 2.03. The lowest BCUT2D eigenvalue weighted by Gasteiger charge is -2.24. The van der Waals surface area contributed by atoms with Gasteiger partial charge in [-0.2, -0.15) is 5.10 Å². The average molecular weight is 167 g/mol. The molecule has 2 heterocycles. The Hall–Kier alpha value is -1.65. The first-order chi connectivity index (χ1) is 5.75. The smallest absolute Gasteiger partial charge is 0.260 e. The summed E-state index contributed by atoms with van der Waals surface area (Å²) in [6.07, 6.45) is 4.05. The van der Waals surface area contributed by atoms with Crippen molar-refractivity contribution < 1.29 is 9.18 Å². The number of rotatable bonds is 0. The predicted molar refractivity (Wildman–Crippen MR) is 40.6 cm³/mol. The molecule has 5 heteroatoms. The fourth-order valence-corrected chi connectivity index (χ4v) is 1.05. The second kappa shape index (κ2) is 2.44. The molecule has 0 aliphatic carbocycles. The van der Waals surface area contributed by atoms with Gasteiger partial charge in [-0.15, -0.1) is 0 Å². The highest BCUT2D eigenvalue weighted by atomic mass is 19.1. The van der Waals surface area contributed by atoms with Crippen LogP contribution in [0.15, 0.2) is 29.3 Å². The Balaban J connectivity index is 2.31. The maximum absolute atomic E-state index is 12.6. The lowest BCUT2D eigenvalue weighted by Crippen LogP contribution is -2.42. The van der Waals surface area contributed by atoms with Gasteiger partial charge >= 0.3 is 0 Å². The zero-order valence-electron chi connectivity index (χ0n) is 6.12. The van der Waals surface area contributed by atoms with Gasteiger partial charge in [-0.3, -0.25) is 4.79 Å². The first kappa shape index (κ1) is 7.02. The fraction of sp³-hybridized carbons (Fsp3) is 0.143. The quantitative estimate of drug-likeness (QED) is 0.556. The van der Waals surface area contributed by atoms with E-state index in [1.807, 2.05) is 0 Å². The second-order valence-electron chi connectivity index (χ2n) is 2.48. The summed E-state index contributed by atoms with van der Waals surface area (Å²) in [5.74, 6) is -0.0576. The Morgan fingerprint density at radius 1 is 1.58 bits per heavy atom. The SMILES string of the molecule is O=C1CN2C=C(F)C=CC2=NN1. The molecule has 0 aromatic heterocycles. The number of allylic oxidation sites excluding steroid dienone is 2. The lowest BCUT2D eigenvalue weighted by atomic mass is 10.3.